The van der Waals surface area contributed by atoms with Crippen LogP contribution in [0.25, 0.3) is 21.3 Å². The molecule has 0 radical (unpaired) electrons. The van der Waals surface area contributed by atoms with Crippen LogP contribution in [0.2, 0.25) is 0 Å². The molecule has 3 aromatic rings. The third-order valence-electron chi connectivity index (χ3n) is 2.76. The molecule has 2 heterocycles. The second-order valence-corrected chi connectivity index (χ2v) is 5.78. The molecule has 0 spiro atoms. The van der Waals surface area contributed by atoms with Crippen molar-refractivity contribution in [2.75, 3.05) is 5.75 Å². The molecule has 1 aromatic carbocycles. The van der Waals surface area contributed by atoms with Crippen LogP contribution in [0.15, 0.2) is 41.0 Å². The Morgan fingerprint density at radius 2 is 2.05 bits per heavy atom. The van der Waals surface area contributed by atoms with E-state index >= 15 is 0 Å². The van der Waals surface area contributed by atoms with Gasteiger partial charge in [-0.1, -0.05) is 23.9 Å². The Balaban J connectivity index is 2.16. The van der Waals surface area contributed by atoms with Crippen molar-refractivity contribution in [3.8, 4) is 17.2 Å². The Kier molecular flexibility index (Phi) is 3.63. The first kappa shape index (κ1) is 13.0. The fourth-order valence-corrected chi connectivity index (χ4v) is 3.55. The molecule has 0 saturated carbocycles. The number of fused-ring (bicyclic) bond motifs is 1. The highest BCUT2D eigenvalue weighted by Crippen LogP contribution is 2.37. The number of thioether (sulfide) groups is 1. The Hall–Kier alpha value is -1.97. The number of hydrogen-bond donors (Lipinski definition) is 0. The Labute approximate surface area is 123 Å². The maximum absolute atomic E-state index is 13.0. The second kappa shape index (κ2) is 5.57. The van der Waals surface area contributed by atoms with E-state index in [-0.39, 0.29) is 5.82 Å². The molecule has 0 aliphatic heterocycles. The highest BCUT2D eigenvalue weighted by Gasteiger charge is 2.13. The quantitative estimate of drug-likeness (QED) is 0.539. The normalized spacial score (nSPS) is 10.6. The third-order valence-corrected chi connectivity index (χ3v) is 4.51. The van der Waals surface area contributed by atoms with E-state index in [0.29, 0.717) is 5.75 Å². The molecule has 3 rings (SSSR count). The van der Waals surface area contributed by atoms with Crippen LogP contribution in [-0.4, -0.2) is 15.7 Å². The molecule has 6 heteroatoms. The van der Waals surface area contributed by atoms with Gasteiger partial charge in [-0.05, 0) is 17.7 Å². The Bertz CT molecular complexity index is 790. The molecule has 20 heavy (non-hydrogen) atoms. The lowest BCUT2D eigenvalue weighted by molar-refractivity contribution is 0.628. The minimum atomic E-state index is -0.261. The van der Waals surface area contributed by atoms with Crippen molar-refractivity contribution in [2.24, 2.45) is 0 Å². The molecule has 3 nitrogen and oxygen atoms in total. The SMILES string of the molecule is N#CCSc1ncnc2scc(-c3ccc(F)cc3)c12. The van der Waals surface area contributed by atoms with E-state index in [1.807, 2.05) is 5.38 Å². The Morgan fingerprint density at radius 3 is 2.80 bits per heavy atom. The fraction of sp³-hybridized carbons (Fsp3) is 0.0714. The Morgan fingerprint density at radius 1 is 1.25 bits per heavy atom. The minimum absolute atomic E-state index is 0.261. The lowest BCUT2D eigenvalue weighted by atomic mass is 10.1. The van der Waals surface area contributed by atoms with E-state index in [0.717, 1.165) is 26.4 Å². The van der Waals surface area contributed by atoms with E-state index in [9.17, 15) is 4.39 Å². The van der Waals surface area contributed by atoms with Crippen molar-refractivity contribution < 1.29 is 4.39 Å². The zero-order valence-corrected chi connectivity index (χ0v) is 11.8. The monoisotopic (exact) mass is 301 g/mol. The highest BCUT2D eigenvalue weighted by atomic mass is 32.2. The van der Waals surface area contributed by atoms with E-state index in [1.54, 1.807) is 12.1 Å². The molecule has 0 saturated heterocycles. The number of hydrogen-bond acceptors (Lipinski definition) is 5. The van der Waals surface area contributed by atoms with E-state index < -0.39 is 0 Å². The average molecular weight is 301 g/mol. The highest BCUT2D eigenvalue weighted by molar-refractivity contribution is 7.99. The summed E-state index contributed by atoms with van der Waals surface area (Å²) in [6.45, 7) is 0. The number of aromatic nitrogens is 2. The van der Waals surface area contributed by atoms with Gasteiger partial charge in [-0.2, -0.15) is 5.26 Å². The van der Waals surface area contributed by atoms with Gasteiger partial charge in [-0.25, -0.2) is 14.4 Å². The summed E-state index contributed by atoms with van der Waals surface area (Å²) in [6, 6.07) is 8.44. The molecular weight excluding hydrogens is 293 g/mol. The molecule has 0 N–H and O–H groups in total. The van der Waals surface area contributed by atoms with Crippen molar-refractivity contribution in [3.05, 3.63) is 41.8 Å². The summed E-state index contributed by atoms with van der Waals surface area (Å²) >= 11 is 2.91. The number of thiophene rings is 1. The van der Waals surface area contributed by atoms with Crippen LogP contribution in [0.3, 0.4) is 0 Å². The van der Waals surface area contributed by atoms with Crippen molar-refractivity contribution >= 4 is 33.3 Å². The summed E-state index contributed by atoms with van der Waals surface area (Å²) in [4.78, 5) is 9.38. The fourth-order valence-electron chi connectivity index (χ4n) is 1.90. The topological polar surface area (TPSA) is 49.6 Å². The minimum Gasteiger partial charge on any atom is -0.229 e. The van der Waals surface area contributed by atoms with Crippen LogP contribution in [0, 0.1) is 17.1 Å². The van der Waals surface area contributed by atoms with Crippen LogP contribution in [0.1, 0.15) is 0 Å². The van der Waals surface area contributed by atoms with Gasteiger partial charge in [0.05, 0.1) is 17.2 Å². The van der Waals surface area contributed by atoms with E-state index in [2.05, 4.69) is 16.0 Å². The molecule has 0 amide bonds. The summed E-state index contributed by atoms with van der Waals surface area (Å²) in [7, 11) is 0. The van der Waals surface area contributed by atoms with Gasteiger partial charge < -0.3 is 0 Å². The summed E-state index contributed by atoms with van der Waals surface area (Å²) in [6.07, 6.45) is 1.51. The lowest BCUT2D eigenvalue weighted by Gasteiger charge is -2.03. The zero-order valence-electron chi connectivity index (χ0n) is 10.2. The molecule has 0 atom stereocenters. The largest absolute Gasteiger partial charge is 0.229 e. The second-order valence-electron chi connectivity index (χ2n) is 3.96. The standard InChI is InChI=1S/C14H8FN3S2/c15-10-3-1-9(2-4-10)11-7-20-14-12(11)13(17-8-18-14)19-6-5-16/h1-4,7-8H,6H2. The molecule has 0 bridgehead atoms. The molecule has 0 aliphatic rings. The van der Waals surface area contributed by atoms with Crippen molar-refractivity contribution in [3.63, 3.8) is 0 Å². The molecule has 0 fully saturated rings. The van der Waals surface area contributed by atoms with Gasteiger partial charge in [0.2, 0.25) is 0 Å². The molecule has 98 valence electrons. The summed E-state index contributed by atoms with van der Waals surface area (Å²) < 4.78 is 13.0. The zero-order chi connectivity index (χ0) is 13.9. The number of nitrogens with zero attached hydrogens (tertiary/aromatic N) is 3. The molecule has 0 aliphatic carbocycles. The van der Waals surface area contributed by atoms with Crippen LogP contribution in [0.4, 0.5) is 4.39 Å². The van der Waals surface area contributed by atoms with Crippen molar-refractivity contribution in [1.29, 1.82) is 5.26 Å². The lowest BCUT2D eigenvalue weighted by Crippen LogP contribution is -1.86. The smallest absolute Gasteiger partial charge is 0.128 e. The van der Waals surface area contributed by atoms with E-state index in [4.69, 9.17) is 5.26 Å². The van der Waals surface area contributed by atoms with Gasteiger partial charge in [0.1, 0.15) is 22.0 Å². The first-order chi connectivity index (χ1) is 9.79. The molecule has 0 unspecified atom stereocenters. The van der Waals surface area contributed by atoms with Gasteiger partial charge in [-0.3, -0.25) is 0 Å². The molecular formula is C14H8FN3S2. The van der Waals surface area contributed by atoms with Gasteiger partial charge in [-0.15, -0.1) is 11.3 Å². The number of nitriles is 1. The third kappa shape index (κ3) is 2.38. The van der Waals surface area contributed by atoms with Gasteiger partial charge in [0, 0.05) is 10.9 Å². The predicted molar refractivity (Wildman–Crippen MR) is 79.1 cm³/mol. The van der Waals surface area contributed by atoms with Crippen LogP contribution in [0.5, 0.6) is 0 Å². The van der Waals surface area contributed by atoms with Crippen LogP contribution < -0.4 is 0 Å². The molecule has 2 aromatic heterocycles. The predicted octanol–water partition coefficient (Wildman–Crippen LogP) is 4.11. The number of halogens is 1. The van der Waals surface area contributed by atoms with Gasteiger partial charge in [0.15, 0.2) is 0 Å². The summed E-state index contributed by atoms with van der Waals surface area (Å²) in [5, 5.41) is 12.4. The van der Waals surface area contributed by atoms with Crippen LogP contribution in [-0.2, 0) is 0 Å². The van der Waals surface area contributed by atoms with Crippen LogP contribution >= 0.6 is 23.1 Å². The summed E-state index contributed by atoms with van der Waals surface area (Å²) in [5.74, 6) is 0.0776. The maximum Gasteiger partial charge on any atom is 0.128 e. The maximum atomic E-state index is 13.0. The number of rotatable bonds is 3. The summed E-state index contributed by atoms with van der Waals surface area (Å²) in [5.41, 5.74) is 1.90. The first-order valence-electron chi connectivity index (χ1n) is 5.77. The number of benzene rings is 1. The van der Waals surface area contributed by atoms with Gasteiger partial charge in [0.25, 0.3) is 0 Å². The van der Waals surface area contributed by atoms with Crippen molar-refractivity contribution in [2.45, 2.75) is 5.03 Å². The first-order valence-corrected chi connectivity index (χ1v) is 7.64. The van der Waals surface area contributed by atoms with E-state index in [1.165, 1.54) is 41.6 Å². The average Bonchev–Trinajstić information content (AvgIpc) is 2.90. The van der Waals surface area contributed by atoms with Gasteiger partial charge >= 0.3 is 0 Å². The van der Waals surface area contributed by atoms with Crippen molar-refractivity contribution in [1.82, 2.24) is 9.97 Å².